The number of anilines is 1. The molecule has 2 nitrogen and oxygen atoms in total. The van der Waals surface area contributed by atoms with Crippen LogP contribution in [-0.4, -0.2) is 5.11 Å². The molecule has 2 N–H and O–H groups in total. The molecule has 2 aromatic carbocycles. The van der Waals surface area contributed by atoms with E-state index in [0.717, 1.165) is 5.56 Å². The van der Waals surface area contributed by atoms with Crippen molar-refractivity contribution in [3.8, 4) is 5.75 Å². The minimum Gasteiger partial charge on any atom is -0.508 e. The van der Waals surface area contributed by atoms with Gasteiger partial charge in [-0.3, -0.25) is 0 Å². The lowest BCUT2D eigenvalue weighted by molar-refractivity contribution is 0.469. The third-order valence-corrected chi connectivity index (χ3v) is 2.72. The van der Waals surface area contributed by atoms with Crippen molar-refractivity contribution < 1.29 is 9.50 Å². The monoisotopic (exact) mass is 251 g/mol. The number of rotatable bonds is 3. The van der Waals surface area contributed by atoms with Crippen LogP contribution in [0.25, 0.3) is 0 Å². The van der Waals surface area contributed by atoms with Gasteiger partial charge in [-0.15, -0.1) is 0 Å². The fourth-order valence-corrected chi connectivity index (χ4v) is 1.67. The van der Waals surface area contributed by atoms with Crippen molar-refractivity contribution in [2.75, 3.05) is 5.32 Å². The van der Waals surface area contributed by atoms with E-state index in [4.69, 9.17) is 11.6 Å². The average Bonchev–Trinajstić information content (AvgIpc) is 2.32. The largest absolute Gasteiger partial charge is 0.508 e. The molecule has 4 heteroatoms. The van der Waals surface area contributed by atoms with Gasteiger partial charge in [-0.1, -0.05) is 29.8 Å². The third kappa shape index (κ3) is 2.88. The van der Waals surface area contributed by atoms with Gasteiger partial charge in [0.2, 0.25) is 0 Å². The Bertz CT molecular complexity index is 531. The molecular formula is C13H11ClFNO. The Morgan fingerprint density at radius 1 is 1.18 bits per heavy atom. The van der Waals surface area contributed by atoms with Crippen molar-refractivity contribution >= 4 is 17.3 Å². The fourth-order valence-electron chi connectivity index (χ4n) is 1.48. The second-order valence-corrected chi connectivity index (χ2v) is 4.01. The second kappa shape index (κ2) is 5.06. The fraction of sp³-hybridized carbons (Fsp3) is 0.0769. The van der Waals surface area contributed by atoms with Gasteiger partial charge in [0.25, 0.3) is 0 Å². The number of aromatic hydroxyl groups is 1. The molecule has 0 saturated heterocycles. The van der Waals surface area contributed by atoms with Crippen molar-refractivity contribution in [2.45, 2.75) is 6.54 Å². The van der Waals surface area contributed by atoms with E-state index in [9.17, 15) is 9.50 Å². The number of hydrogen-bond donors (Lipinski definition) is 2. The molecule has 0 radical (unpaired) electrons. The van der Waals surface area contributed by atoms with Crippen molar-refractivity contribution in [1.82, 2.24) is 0 Å². The molecule has 0 bridgehead atoms. The maximum Gasteiger partial charge on any atom is 0.125 e. The Morgan fingerprint density at radius 2 is 1.94 bits per heavy atom. The first-order valence-electron chi connectivity index (χ1n) is 5.12. The minimum absolute atomic E-state index is 0.201. The molecule has 0 spiro atoms. The maximum absolute atomic E-state index is 13.0. The molecule has 0 aliphatic rings. The van der Waals surface area contributed by atoms with Gasteiger partial charge in [-0.05, 0) is 24.3 Å². The molecule has 17 heavy (non-hydrogen) atoms. The van der Waals surface area contributed by atoms with Crippen LogP contribution in [0.1, 0.15) is 5.56 Å². The first-order valence-corrected chi connectivity index (χ1v) is 5.50. The number of hydrogen-bond acceptors (Lipinski definition) is 2. The molecule has 0 amide bonds. The number of phenolic OH excluding ortho intramolecular Hbond substituents is 1. The van der Waals surface area contributed by atoms with Crippen molar-refractivity contribution in [3.63, 3.8) is 0 Å². The van der Waals surface area contributed by atoms with E-state index >= 15 is 0 Å². The standard InChI is InChI=1S/C13H11ClFNO/c14-11-6-5-10(15)7-12(11)16-8-9-3-1-2-4-13(9)17/h1-7,16-17H,8H2. The smallest absolute Gasteiger partial charge is 0.125 e. The molecular weight excluding hydrogens is 241 g/mol. The topological polar surface area (TPSA) is 32.3 Å². The van der Waals surface area contributed by atoms with Crippen LogP contribution in [0.5, 0.6) is 5.75 Å². The van der Waals surface area contributed by atoms with Gasteiger partial charge in [-0.2, -0.15) is 0 Å². The van der Waals surface area contributed by atoms with Gasteiger partial charge in [0.1, 0.15) is 11.6 Å². The highest BCUT2D eigenvalue weighted by Crippen LogP contribution is 2.24. The Labute approximate surface area is 104 Å². The van der Waals surface area contributed by atoms with Gasteiger partial charge < -0.3 is 10.4 Å². The van der Waals surface area contributed by atoms with Gasteiger partial charge in [-0.25, -0.2) is 4.39 Å². The molecule has 0 saturated carbocycles. The van der Waals surface area contributed by atoms with E-state index in [1.54, 1.807) is 18.2 Å². The van der Waals surface area contributed by atoms with Crippen molar-refractivity contribution in [2.24, 2.45) is 0 Å². The van der Waals surface area contributed by atoms with Crippen LogP contribution in [0.4, 0.5) is 10.1 Å². The Kier molecular flexibility index (Phi) is 3.49. The SMILES string of the molecule is Oc1ccccc1CNc1cc(F)ccc1Cl. The molecule has 2 aromatic rings. The van der Waals surface area contributed by atoms with Crippen LogP contribution in [-0.2, 0) is 6.54 Å². The summed E-state index contributed by atoms with van der Waals surface area (Å²) in [6.45, 7) is 0.385. The molecule has 88 valence electrons. The van der Waals surface area contributed by atoms with E-state index in [1.165, 1.54) is 18.2 Å². The summed E-state index contributed by atoms with van der Waals surface area (Å²) in [5, 5.41) is 13.0. The summed E-state index contributed by atoms with van der Waals surface area (Å²) in [6, 6.07) is 11.1. The lowest BCUT2D eigenvalue weighted by Crippen LogP contribution is -2.00. The molecule has 0 heterocycles. The molecule has 0 unspecified atom stereocenters. The predicted molar refractivity (Wildman–Crippen MR) is 66.8 cm³/mol. The molecule has 0 aliphatic heterocycles. The summed E-state index contributed by atoms with van der Waals surface area (Å²) < 4.78 is 13.0. The van der Waals surface area contributed by atoms with Gasteiger partial charge >= 0.3 is 0 Å². The quantitative estimate of drug-likeness (QED) is 0.870. The van der Waals surface area contributed by atoms with Crippen LogP contribution in [0, 0.1) is 5.82 Å². The third-order valence-electron chi connectivity index (χ3n) is 2.39. The predicted octanol–water partition coefficient (Wildman–Crippen LogP) is 3.80. The highest BCUT2D eigenvalue weighted by atomic mass is 35.5. The van der Waals surface area contributed by atoms with E-state index in [-0.39, 0.29) is 11.6 Å². The van der Waals surface area contributed by atoms with Gasteiger partial charge in [0.15, 0.2) is 0 Å². The summed E-state index contributed by atoms with van der Waals surface area (Å²) in [5.41, 5.74) is 1.24. The van der Waals surface area contributed by atoms with Crippen LogP contribution >= 0.6 is 11.6 Å². The highest BCUT2D eigenvalue weighted by Gasteiger charge is 2.03. The summed E-state index contributed by atoms with van der Waals surface area (Å²) in [6.07, 6.45) is 0. The first kappa shape index (κ1) is 11.7. The zero-order chi connectivity index (χ0) is 12.3. The summed E-state index contributed by atoms with van der Waals surface area (Å²) in [7, 11) is 0. The summed E-state index contributed by atoms with van der Waals surface area (Å²) in [4.78, 5) is 0. The number of para-hydroxylation sites is 1. The zero-order valence-corrected chi connectivity index (χ0v) is 9.71. The van der Waals surface area contributed by atoms with Gasteiger partial charge in [0.05, 0.1) is 10.7 Å². The van der Waals surface area contributed by atoms with Crippen LogP contribution in [0.2, 0.25) is 5.02 Å². The average molecular weight is 252 g/mol. The maximum atomic E-state index is 13.0. The normalized spacial score (nSPS) is 10.2. The molecule has 0 aliphatic carbocycles. The number of benzene rings is 2. The molecule has 0 atom stereocenters. The van der Waals surface area contributed by atoms with E-state index < -0.39 is 0 Å². The van der Waals surface area contributed by atoms with Gasteiger partial charge in [0, 0.05) is 12.1 Å². The van der Waals surface area contributed by atoms with E-state index in [2.05, 4.69) is 5.32 Å². The van der Waals surface area contributed by atoms with Crippen molar-refractivity contribution in [1.29, 1.82) is 0 Å². The first-order chi connectivity index (χ1) is 8.16. The Hall–Kier alpha value is -1.74. The minimum atomic E-state index is -0.353. The zero-order valence-electron chi connectivity index (χ0n) is 8.95. The molecule has 2 rings (SSSR count). The highest BCUT2D eigenvalue weighted by molar-refractivity contribution is 6.33. The Morgan fingerprint density at radius 3 is 2.71 bits per heavy atom. The number of phenols is 1. The van der Waals surface area contributed by atoms with Crippen LogP contribution < -0.4 is 5.32 Å². The number of nitrogens with one attached hydrogen (secondary N) is 1. The second-order valence-electron chi connectivity index (χ2n) is 3.61. The molecule has 0 aromatic heterocycles. The van der Waals surface area contributed by atoms with Crippen LogP contribution in [0.15, 0.2) is 42.5 Å². The molecule has 0 fully saturated rings. The summed E-state index contributed by atoms with van der Waals surface area (Å²) in [5.74, 6) is -0.151. The van der Waals surface area contributed by atoms with Crippen LogP contribution in [0.3, 0.4) is 0 Å². The number of halogens is 2. The van der Waals surface area contributed by atoms with E-state index in [0.29, 0.717) is 17.3 Å². The summed E-state index contributed by atoms with van der Waals surface area (Å²) >= 11 is 5.91. The van der Waals surface area contributed by atoms with Crippen molar-refractivity contribution in [3.05, 3.63) is 58.9 Å². The lowest BCUT2D eigenvalue weighted by atomic mass is 10.2. The lowest BCUT2D eigenvalue weighted by Gasteiger charge is -2.09. The Balaban J connectivity index is 2.12. The van der Waals surface area contributed by atoms with E-state index in [1.807, 2.05) is 6.07 Å².